The number of aryl methyl sites for hydroxylation is 2. The Labute approximate surface area is 169 Å². The number of benzene rings is 1. The average molecular weight is 421 g/mol. The molecule has 0 saturated carbocycles. The van der Waals surface area contributed by atoms with Crippen LogP contribution in [0.2, 0.25) is 0 Å². The van der Waals surface area contributed by atoms with Crippen LogP contribution in [-0.4, -0.2) is 32.0 Å². The van der Waals surface area contributed by atoms with E-state index in [1.54, 1.807) is 18.2 Å². The molecule has 0 aliphatic rings. The van der Waals surface area contributed by atoms with Crippen molar-refractivity contribution in [3.8, 4) is 5.75 Å². The molecule has 0 saturated heterocycles. The number of carbonyl (C=O) groups is 1. The minimum absolute atomic E-state index is 0.0112. The zero-order chi connectivity index (χ0) is 21.8. The van der Waals surface area contributed by atoms with Gasteiger partial charge in [-0.1, -0.05) is 25.1 Å². The first-order valence-electron chi connectivity index (χ1n) is 9.31. The summed E-state index contributed by atoms with van der Waals surface area (Å²) in [6.45, 7) is -1.15. The number of ether oxygens (including phenoxy) is 1. The van der Waals surface area contributed by atoms with Gasteiger partial charge in [-0.15, -0.1) is 0 Å². The van der Waals surface area contributed by atoms with E-state index >= 15 is 0 Å². The number of fused-ring (bicyclic) bond motifs is 1. The molecule has 1 amide bonds. The van der Waals surface area contributed by atoms with Gasteiger partial charge in [-0.05, 0) is 12.5 Å². The topological polar surface area (TPSA) is 122 Å². The third-order valence-corrected chi connectivity index (χ3v) is 4.65. The fourth-order valence-electron chi connectivity index (χ4n) is 3.14. The molecule has 2 aromatic heterocycles. The fourth-order valence-corrected chi connectivity index (χ4v) is 3.14. The van der Waals surface area contributed by atoms with E-state index < -0.39 is 23.9 Å². The highest BCUT2D eigenvalue weighted by Gasteiger charge is 2.19. The molecule has 2 heterocycles. The predicted octanol–water partition coefficient (Wildman–Crippen LogP) is 1.75. The summed E-state index contributed by atoms with van der Waals surface area (Å²) in [5, 5.41) is 2.80. The number of alkyl halides is 2. The van der Waals surface area contributed by atoms with Crippen molar-refractivity contribution >= 4 is 17.1 Å². The lowest BCUT2D eigenvalue weighted by Crippen LogP contribution is -2.29. The fraction of sp³-hybridized carbons (Fsp3) is 0.368. The van der Waals surface area contributed by atoms with E-state index in [9.17, 15) is 23.2 Å². The molecule has 3 rings (SSSR count). The largest absolute Gasteiger partial charge is 0.434 e. The molecule has 0 aliphatic heterocycles. The molecule has 0 bridgehead atoms. The van der Waals surface area contributed by atoms with Crippen molar-refractivity contribution in [3.05, 3.63) is 56.5 Å². The lowest BCUT2D eigenvalue weighted by molar-refractivity contribution is -0.121. The van der Waals surface area contributed by atoms with Crippen LogP contribution < -0.4 is 21.3 Å². The Kier molecular flexibility index (Phi) is 6.28. The maximum absolute atomic E-state index is 12.6. The molecule has 3 aromatic rings. The van der Waals surface area contributed by atoms with Gasteiger partial charge >= 0.3 is 12.3 Å². The summed E-state index contributed by atoms with van der Waals surface area (Å²) in [7, 11) is 1.47. The minimum Gasteiger partial charge on any atom is -0.434 e. The summed E-state index contributed by atoms with van der Waals surface area (Å²) in [5.41, 5.74) is -0.364. The predicted molar refractivity (Wildman–Crippen MR) is 105 cm³/mol. The summed E-state index contributed by atoms with van der Waals surface area (Å²) >= 11 is 0. The molecule has 3 N–H and O–H groups in total. The van der Waals surface area contributed by atoms with Crippen LogP contribution in [0.15, 0.2) is 33.9 Å². The van der Waals surface area contributed by atoms with Gasteiger partial charge in [0.05, 0.1) is 6.04 Å². The lowest BCUT2D eigenvalue weighted by atomic mass is 10.0. The number of hydrogen-bond acceptors (Lipinski definition) is 5. The monoisotopic (exact) mass is 421 g/mol. The normalized spacial score (nSPS) is 12.3. The number of imidazole rings is 1. The minimum atomic E-state index is -2.97. The summed E-state index contributed by atoms with van der Waals surface area (Å²) in [6.07, 6.45) is 0.706. The zero-order valence-electron chi connectivity index (χ0n) is 16.4. The summed E-state index contributed by atoms with van der Waals surface area (Å²) in [5.74, 6) is 0.0652. The number of carbonyl (C=O) groups excluding carboxylic acids is 1. The van der Waals surface area contributed by atoms with Gasteiger partial charge in [-0.3, -0.25) is 19.1 Å². The van der Waals surface area contributed by atoms with E-state index in [-0.39, 0.29) is 35.7 Å². The summed E-state index contributed by atoms with van der Waals surface area (Å²) in [6, 6.07) is 5.79. The Morgan fingerprint density at radius 3 is 2.70 bits per heavy atom. The molecule has 0 fully saturated rings. The highest BCUT2D eigenvalue weighted by Crippen LogP contribution is 2.28. The number of aromatic amines is 2. The highest BCUT2D eigenvalue weighted by atomic mass is 19.3. The molecule has 1 atom stereocenters. The van der Waals surface area contributed by atoms with Crippen molar-refractivity contribution in [2.75, 3.05) is 0 Å². The number of H-pyrrole nitrogens is 2. The van der Waals surface area contributed by atoms with Crippen molar-refractivity contribution < 1.29 is 18.3 Å². The van der Waals surface area contributed by atoms with Gasteiger partial charge < -0.3 is 15.0 Å². The second-order valence-corrected chi connectivity index (χ2v) is 6.65. The molecule has 9 nitrogen and oxygen atoms in total. The number of nitrogens with zero attached hydrogens (tertiary/aromatic N) is 2. The van der Waals surface area contributed by atoms with Gasteiger partial charge in [0.2, 0.25) is 5.91 Å². The van der Waals surface area contributed by atoms with Gasteiger partial charge in [0.25, 0.3) is 5.56 Å². The maximum atomic E-state index is 12.6. The third-order valence-electron chi connectivity index (χ3n) is 4.65. The Morgan fingerprint density at radius 1 is 1.27 bits per heavy atom. The number of para-hydroxylation sites is 1. The third kappa shape index (κ3) is 4.56. The second kappa shape index (κ2) is 8.89. The maximum Gasteiger partial charge on any atom is 0.387 e. The molecule has 1 unspecified atom stereocenters. The Bertz CT molecular complexity index is 1170. The SMILES string of the molecule is CCC(NC(=O)CCc1nc2c([nH]1)c(=O)[nH]c(=O)n2C)c1ccccc1OC(F)F. The van der Waals surface area contributed by atoms with Crippen LogP contribution in [-0.2, 0) is 18.3 Å². The van der Waals surface area contributed by atoms with Crippen LogP contribution in [0, 0.1) is 0 Å². The molecular formula is C19H21F2N5O4. The molecular weight excluding hydrogens is 400 g/mol. The Morgan fingerprint density at radius 2 is 2.00 bits per heavy atom. The zero-order valence-corrected chi connectivity index (χ0v) is 16.4. The average Bonchev–Trinajstić information content (AvgIpc) is 3.14. The molecule has 1 aromatic carbocycles. The molecule has 11 heteroatoms. The molecule has 0 spiro atoms. The van der Waals surface area contributed by atoms with Crippen molar-refractivity contribution in [1.82, 2.24) is 24.8 Å². The van der Waals surface area contributed by atoms with Crippen molar-refractivity contribution in [2.45, 2.75) is 38.8 Å². The van der Waals surface area contributed by atoms with Crippen LogP contribution in [0.4, 0.5) is 8.78 Å². The molecule has 0 aliphatic carbocycles. The van der Waals surface area contributed by atoms with Crippen LogP contribution in [0.25, 0.3) is 11.2 Å². The second-order valence-electron chi connectivity index (χ2n) is 6.65. The first kappa shape index (κ1) is 21.2. The van der Waals surface area contributed by atoms with Crippen molar-refractivity contribution in [3.63, 3.8) is 0 Å². The van der Waals surface area contributed by atoms with Gasteiger partial charge in [0.1, 0.15) is 17.1 Å². The molecule has 30 heavy (non-hydrogen) atoms. The lowest BCUT2D eigenvalue weighted by Gasteiger charge is -2.20. The summed E-state index contributed by atoms with van der Waals surface area (Å²) < 4.78 is 31.0. The van der Waals surface area contributed by atoms with Crippen LogP contribution >= 0.6 is 0 Å². The van der Waals surface area contributed by atoms with E-state index in [4.69, 9.17) is 0 Å². The van der Waals surface area contributed by atoms with E-state index in [1.807, 2.05) is 6.92 Å². The Hall–Kier alpha value is -3.50. The number of nitrogens with one attached hydrogen (secondary N) is 3. The van der Waals surface area contributed by atoms with Crippen LogP contribution in [0.5, 0.6) is 5.75 Å². The Balaban J connectivity index is 1.70. The molecule has 0 radical (unpaired) electrons. The van der Waals surface area contributed by atoms with Crippen molar-refractivity contribution in [2.24, 2.45) is 7.05 Å². The number of amides is 1. The van der Waals surface area contributed by atoms with Gasteiger partial charge in [0.15, 0.2) is 5.65 Å². The van der Waals surface area contributed by atoms with E-state index in [2.05, 4.69) is 25.0 Å². The number of aromatic nitrogens is 4. The van der Waals surface area contributed by atoms with E-state index in [0.29, 0.717) is 17.8 Å². The number of halogens is 2. The quantitative estimate of drug-likeness (QED) is 0.512. The van der Waals surface area contributed by atoms with Crippen molar-refractivity contribution in [1.29, 1.82) is 0 Å². The van der Waals surface area contributed by atoms with Gasteiger partial charge in [-0.25, -0.2) is 9.78 Å². The molecule has 160 valence electrons. The van der Waals surface area contributed by atoms with E-state index in [1.165, 1.54) is 17.7 Å². The van der Waals surface area contributed by atoms with Gasteiger partial charge in [-0.2, -0.15) is 8.78 Å². The van der Waals surface area contributed by atoms with Gasteiger partial charge in [0, 0.05) is 25.5 Å². The smallest absolute Gasteiger partial charge is 0.387 e. The first-order valence-corrected chi connectivity index (χ1v) is 9.31. The van der Waals surface area contributed by atoms with Crippen LogP contribution in [0.1, 0.15) is 37.2 Å². The highest BCUT2D eigenvalue weighted by molar-refractivity contribution is 5.77. The number of rotatable bonds is 8. The van der Waals surface area contributed by atoms with Crippen LogP contribution in [0.3, 0.4) is 0 Å². The first-order chi connectivity index (χ1) is 14.3. The summed E-state index contributed by atoms with van der Waals surface area (Å²) in [4.78, 5) is 45.1. The van der Waals surface area contributed by atoms with E-state index in [0.717, 1.165) is 0 Å². The number of hydrogen-bond donors (Lipinski definition) is 3. The standard InChI is InChI=1S/C19H21F2N5O4/c1-3-11(10-6-4-5-7-12(10)30-18(20)21)22-14(27)9-8-13-23-15-16(24-13)26(2)19(29)25-17(15)28/h4-7,11,18H,3,8-9H2,1-2H3,(H,22,27)(H,23,24)(H,25,28,29).